The normalized spacial score (nSPS) is 13.5. The molecule has 1 amide bonds. The second-order valence-electron chi connectivity index (χ2n) is 7.34. The largest absolute Gasteiger partial charge is 0.341 e. The minimum atomic E-state index is 0.00207. The number of imidazole rings is 1. The molecule has 0 saturated carbocycles. The molecule has 1 aliphatic heterocycles. The Morgan fingerprint density at radius 2 is 2.13 bits per heavy atom. The number of carbonyl (C=O) groups is 1. The molecule has 0 bridgehead atoms. The maximum Gasteiger partial charge on any atom is 0.273 e. The van der Waals surface area contributed by atoms with E-state index in [1.165, 1.54) is 0 Å². The lowest BCUT2D eigenvalue weighted by molar-refractivity contribution is 0.0728. The van der Waals surface area contributed by atoms with E-state index >= 15 is 0 Å². The maximum absolute atomic E-state index is 12.8. The number of rotatable bonds is 6. The molecule has 1 aliphatic rings. The first-order chi connectivity index (χ1) is 14.8. The van der Waals surface area contributed by atoms with E-state index in [1.807, 2.05) is 52.9 Å². The molecule has 30 heavy (non-hydrogen) atoms. The number of nitrogens with one attached hydrogen (secondary N) is 2. The zero-order valence-electron chi connectivity index (χ0n) is 16.5. The van der Waals surface area contributed by atoms with Crippen LogP contribution in [0.3, 0.4) is 0 Å². The number of thiazole rings is 1. The molecule has 8 heteroatoms. The summed E-state index contributed by atoms with van der Waals surface area (Å²) in [6, 6.07) is 12.0. The molecule has 1 aromatic carbocycles. The van der Waals surface area contributed by atoms with Gasteiger partial charge >= 0.3 is 0 Å². The topological polar surface area (TPSA) is 86.8 Å². The number of amides is 1. The van der Waals surface area contributed by atoms with Gasteiger partial charge < -0.3 is 15.2 Å². The highest BCUT2D eigenvalue weighted by Gasteiger charge is 2.23. The number of hydrogen-bond acceptors (Lipinski definition) is 6. The van der Waals surface area contributed by atoms with Crippen LogP contribution in [0.25, 0.3) is 11.0 Å². The third-order valence-corrected chi connectivity index (χ3v) is 6.18. The predicted molar refractivity (Wildman–Crippen MR) is 116 cm³/mol. The van der Waals surface area contributed by atoms with Gasteiger partial charge in [-0.15, -0.1) is 11.3 Å². The molecule has 5 rings (SSSR count). The Kier molecular flexibility index (Phi) is 5.25. The quantitative estimate of drug-likeness (QED) is 0.470. The van der Waals surface area contributed by atoms with Crippen LogP contribution in [0.15, 0.2) is 48.0 Å². The lowest BCUT2D eigenvalue weighted by Crippen LogP contribution is -2.36. The summed E-state index contributed by atoms with van der Waals surface area (Å²) in [5.74, 6) is 0.924. The highest BCUT2D eigenvalue weighted by atomic mass is 32.1. The molecule has 2 N–H and O–H groups in total. The minimum absolute atomic E-state index is 0.00207. The summed E-state index contributed by atoms with van der Waals surface area (Å²) < 4.78 is 0. The van der Waals surface area contributed by atoms with Crippen molar-refractivity contribution in [1.82, 2.24) is 30.2 Å². The molecule has 3 aromatic heterocycles. The van der Waals surface area contributed by atoms with Gasteiger partial charge in [-0.3, -0.25) is 9.78 Å². The van der Waals surface area contributed by atoms with Crippen molar-refractivity contribution < 1.29 is 4.79 Å². The summed E-state index contributed by atoms with van der Waals surface area (Å²) in [4.78, 5) is 31.6. The van der Waals surface area contributed by atoms with Gasteiger partial charge in [0.2, 0.25) is 0 Å². The van der Waals surface area contributed by atoms with Crippen molar-refractivity contribution in [1.29, 1.82) is 0 Å². The fraction of sp³-hybridized carbons (Fsp3) is 0.273. The summed E-state index contributed by atoms with van der Waals surface area (Å²) in [5.41, 5.74) is 4.79. The van der Waals surface area contributed by atoms with Gasteiger partial charge in [0.15, 0.2) is 0 Å². The highest BCUT2D eigenvalue weighted by Crippen LogP contribution is 2.20. The fourth-order valence-electron chi connectivity index (χ4n) is 3.72. The van der Waals surface area contributed by atoms with Crippen LogP contribution in [0.2, 0.25) is 0 Å². The zero-order chi connectivity index (χ0) is 20.3. The highest BCUT2D eigenvalue weighted by molar-refractivity contribution is 7.09. The minimum Gasteiger partial charge on any atom is -0.341 e. The maximum atomic E-state index is 12.8. The molecule has 4 aromatic rings. The smallest absolute Gasteiger partial charge is 0.273 e. The van der Waals surface area contributed by atoms with Crippen molar-refractivity contribution in [2.24, 2.45) is 0 Å². The summed E-state index contributed by atoms with van der Waals surface area (Å²) >= 11 is 1.54. The van der Waals surface area contributed by atoms with Gasteiger partial charge in [0, 0.05) is 49.7 Å². The lowest BCUT2D eigenvalue weighted by Gasteiger charge is -2.27. The summed E-state index contributed by atoms with van der Waals surface area (Å²) in [6.07, 6.45) is 3.39. The Labute approximate surface area is 178 Å². The van der Waals surface area contributed by atoms with E-state index in [1.54, 1.807) is 11.3 Å². The van der Waals surface area contributed by atoms with Crippen LogP contribution in [0.1, 0.15) is 32.6 Å². The first-order valence-corrected chi connectivity index (χ1v) is 10.9. The molecular formula is C22H22N6OS. The van der Waals surface area contributed by atoms with Crippen molar-refractivity contribution in [2.75, 3.05) is 13.1 Å². The molecule has 0 fully saturated rings. The monoisotopic (exact) mass is 418 g/mol. The third kappa shape index (κ3) is 3.96. The zero-order valence-corrected chi connectivity index (χ0v) is 17.3. The number of aromatic nitrogens is 4. The summed E-state index contributed by atoms with van der Waals surface area (Å²) in [7, 11) is 0. The second-order valence-corrected chi connectivity index (χ2v) is 8.28. The molecule has 0 atom stereocenters. The van der Waals surface area contributed by atoms with Crippen molar-refractivity contribution in [3.63, 3.8) is 0 Å². The number of hydrogen-bond donors (Lipinski definition) is 2. The van der Waals surface area contributed by atoms with Crippen molar-refractivity contribution in [2.45, 2.75) is 25.9 Å². The van der Waals surface area contributed by atoms with Crippen LogP contribution >= 0.6 is 11.3 Å². The average Bonchev–Trinajstić information content (AvgIpc) is 3.42. The average molecular weight is 419 g/mol. The summed E-state index contributed by atoms with van der Waals surface area (Å²) in [6.45, 7) is 2.75. The number of pyridine rings is 1. The second kappa shape index (κ2) is 8.33. The molecular weight excluding hydrogens is 396 g/mol. The number of para-hydroxylation sites is 2. The number of benzene rings is 1. The van der Waals surface area contributed by atoms with E-state index in [4.69, 9.17) is 0 Å². The molecule has 0 saturated heterocycles. The van der Waals surface area contributed by atoms with Crippen LogP contribution in [0.5, 0.6) is 0 Å². The van der Waals surface area contributed by atoms with Crippen LogP contribution in [0, 0.1) is 0 Å². The van der Waals surface area contributed by atoms with E-state index in [-0.39, 0.29) is 5.91 Å². The van der Waals surface area contributed by atoms with E-state index in [0.29, 0.717) is 25.3 Å². The number of nitrogens with zero attached hydrogens (tertiary/aromatic N) is 4. The van der Waals surface area contributed by atoms with Gasteiger partial charge in [-0.1, -0.05) is 18.2 Å². The van der Waals surface area contributed by atoms with Crippen LogP contribution in [0.4, 0.5) is 0 Å². The lowest BCUT2D eigenvalue weighted by atomic mass is 10.1. The standard InChI is InChI=1S/C22H22N6OS/c29-22(28-11-8-16-15(13-28)4-3-9-24-16)19-14-30-21(27-19)7-10-23-12-20-25-17-5-1-2-6-18(17)26-20/h1-6,9,14,23H,7-8,10-13H2,(H,25,26). The van der Waals surface area contributed by atoms with Crippen molar-refractivity contribution >= 4 is 28.3 Å². The first-order valence-electron chi connectivity index (χ1n) is 10.1. The van der Waals surface area contributed by atoms with Gasteiger partial charge in [-0.05, 0) is 23.8 Å². The van der Waals surface area contributed by atoms with E-state index < -0.39 is 0 Å². The van der Waals surface area contributed by atoms with Crippen LogP contribution in [-0.4, -0.2) is 43.8 Å². The molecule has 0 unspecified atom stereocenters. The molecule has 4 heterocycles. The van der Waals surface area contributed by atoms with Gasteiger partial charge in [-0.25, -0.2) is 9.97 Å². The molecule has 152 valence electrons. The molecule has 7 nitrogen and oxygen atoms in total. The van der Waals surface area contributed by atoms with Crippen LogP contribution in [-0.2, 0) is 25.9 Å². The fourth-order valence-corrected chi connectivity index (χ4v) is 4.49. The number of H-pyrrole nitrogens is 1. The molecule has 0 aliphatic carbocycles. The van der Waals surface area contributed by atoms with Crippen molar-refractivity contribution in [3.05, 3.63) is 75.8 Å². The van der Waals surface area contributed by atoms with Gasteiger partial charge in [0.05, 0.1) is 22.6 Å². The Morgan fingerprint density at radius 1 is 1.20 bits per heavy atom. The SMILES string of the molecule is O=C(c1csc(CCNCc2nc3ccccc3[nH]2)n1)N1CCc2ncccc2C1. The van der Waals surface area contributed by atoms with Gasteiger partial charge in [-0.2, -0.15) is 0 Å². The van der Waals surface area contributed by atoms with Gasteiger partial charge in [0.1, 0.15) is 11.5 Å². The van der Waals surface area contributed by atoms with Crippen LogP contribution < -0.4 is 5.32 Å². The van der Waals surface area contributed by atoms with E-state index in [0.717, 1.165) is 52.5 Å². The third-order valence-electron chi connectivity index (χ3n) is 5.27. The Bertz CT molecular complexity index is 1150. The Balaban J connectivity index is 1.13. The van der Waals surface area contributed by atoms with Gasteiger partial charge in [0.25, 0.3) is 5.91 Å². The number of aromatic amines is 1. The predicted octanol–water partition coefficient (Wildman–Crippen LogP) is 2.95. The van der Waals surface area contributed by atoms with E-state index in [2.05, 4.69) is 25.3 Å². The summed E-state index contributed by atoms with van der Waals surface area (Å²) in [5, 5.41) is 6.23. The number of fused-ring (bicyclic) bond motifs is 2. The van der Waals surface area contributed by atoms with E-state index in [9.17, 15) is 4.79 Å². The molecule has 0 spiro atoms. The molecule has 0 radical (unpaired) electrons. The van der Waals surface area contributed by atoms with Crippen molar-refractivity contribution in [3.8, 4) is 0 Å². The Morgan fingerprint density at radius 3 is 3.07 bits per heavy atom. The number of carbonyl (C=O) groups excluding carboxylic acids is 1. The first kappa shape index (κ1) is 18.9. The Hall–Kier alpha value is -3.10.